The largest absolute Gasteiger partial charge is 0.461 e. The topological polar surface area (TPSA) is 86.0 Å². The Balaban J connectivity index is 1.32. The second-order valence-corrected chi connectivity index (χ2v) is 9.65. The molecule has 6 rings (SSSR count). The van der Waals surface area contributed by atoms with Gasteiger partial charge in [-0.15, -0.1) is 0 Å². The van der Waals surface area contributed by atoms with Gasteiger partial charge in [-0.3, -0.25) is 4.79 Å². The van der Waals surface area contributed by atoms with Crippen LogP contribution in [-0.2, 0) is 20.9 Å². The van der Waals surface area contributed by atoms with E-state index >= 15 is 0 Å². The number of carbonyl (C=O) groups is 2. The highest BCUT2D eigenvalue weighted by atomic mass is 16.5. The summed E-state index contributed by atoms with van der Waals surface area (Å²) in [6, 6.07) is 7.31. The van der Waals surface area contributed by atoms with E-state index in [9.17, 15) is 14.7 Å². The molecule has 30 heavy (non-hydrogen) atoms. The number of aliphatic hydroxyl groups is 1. The van der Waals surface area contributed by atoms with Crippen LogP contribution in [0.5, 0.6) is 0 Å². The van der Waals surface area contributed by atoms with Gasteiger partial charge in [0.05, 0.1) is 24.2 Å². The van der Waals surface area contributed by atoms with Crippen molar-refractivity contribution in [1.29, 1.82) is 0 Å². The number of hydrogen-bond acceptors (Lipinski definition) is 6. The Labute approximate surface area is 175 Å². The molecule has 2 aromatic rings. The van der Waals surface area contributed by atoms with Gasteiger partial charge in [0.1, 0.15) is 12.2 Å². The van der Waals surface area contributed by atoms with E-state index < -0.39 is 11.6 Å². The van der Waals surface area contributed by atoms with Crippen LogP contribution >= 0.6 is 0 Å². The molecule has 4 saturated carbocycles. The lowest BCUT2D eigenvalue weighted by molar-refractivity contribution is -0.177. The summed E-state index contributed by atoms with van der Waals surface area (Å²) in [5, 5.41) is 11.7. The number of esters is 2. The lowest BCUT2D eigenvalue weighted by Crippen LogP contribution is -2.56. The van der Waals surface area contributed by atoms with Gasteiger partial charge >= 0.3 is 11.9 Å². The van der Waals surface area contributed by atoms with Crippen LogP contribution < -0.4 is 0 Å². The van der Waals surface area contributed by atoms with Crippen molar-refractivity contribution in [3.05, 3.63) is 35.6 Å². The van der Waals surface area contributed by atoms with E-state index in [1.807, 2.05) is 18.2 Å². The highest BCUT2D eigenvalue weighted by Gasteiger charge is 2.57. The van der Waals surface area contributed by atoms with Crippen LogP contribution in [0.3, 0.4) is 0 Å². The molecule has 0 aliphatic heterocycles. The normalized spacial score (nSPS) is 31.8. The summed E-state index contributed by atoms with van der Waals surface area (Å²) in [6.45, 7) is 1.94. The summed E-state index contributed by atoms with van der Waals surface area (Å²) >= 11 is 0. The predicted octanol–water partition coefficient (Wildman–Crippen LogP) is 4.37. The standard InChI is InChI=1S/C24H28O6/c1-2-28-22(26)21-18(17-5-3-4-6-19(17)30-21)13-29-20(25)12-23-8-15-7-16(9-23)11-24(27,10-15)14-23/h3-6,15-16,27H,2,7-14H2,1H3/t15-,16-,23?,24?/m1/s1. The highest BCUT2D eigenvalue weighted by Crippen LogP contribution is 2.62. The van der Waals surface area contributed by atoms with Gasteiger partial charge in [0.15, 0.2) is 0 Å². The first kappa shape index (κ1) is 19.6. The fourth-order valence-corrected chi connectivity index (χ4v) is 6.72. The monoisotopic (exact) mass is 412 g/mol. The van der Waals surface area contributed by atoms with Crippen LogP contribution in [-0.4, -0.2) is 29.3 Å². The first-order chi connectivity index (χ1) is 14.4. The number of para-hydroxylation sites is 1. The number of ether oxygens (including phenoxy) is 2. The number of furan rings is 1. The molecule has 4 aliphatic rings. The maximum Gasteiger partial charge on any atom is 0.374 e. The van der Waals surface area contributed by atoms with Crippen LogP contribution in [0.4, 0.5) is 0 Å². The number of hydrogen-bond donors (Lipinski definition) is 1. The third-order valence-corrected chi connectivity index (χ3v) is 7.21. The summed E-state index contributed by atoms with van der Waals surface area (Å²) in [5.74, 6) is 0.313. The lowest BCUT2D eigenvalue weighted by Gasteiger charge is -2.60. The van der Waals surface area contributed by atoms with Crippen LogP contribution in [0.2, 0.25) is 0 Å². The minimum atomic E-state index is -0.595. The molecule has 1 heterocycles. The Bertz CT molecular complexity index is 975. The van der Waals surface area contributed by atoms with Gasteiger partial charge in [-0.05, 0) is 68.8 Å². The maximum absolute atomic E-state index is 12.8. The van der Waals surface area contributed by atoms with E-state index in [1.54, 1.807) is 13.0 Å². The molecular weight excluding hydrogens is 384 g/mol. The number of fused-ring (bicyclic) bond motifs is 1. The van der Waals surface area contributed by atoms with E-state index in [-0.39, 0.29) is 30.4 Å². The zero-order valence-electron chi connectivity index (χ0n) is 17.3. The van der Waals surface area contributed by atoms with Crippen LogP contribution in [0.25, 0.3) is 11.0 Å². The van der Waals surface area contributed by atoms with Crippen LogP contribution in [0.15, 0.2) is 28.7 Å². The van der Waals surface area contributed by atoms with Crippen molar-refractivity contribution in [3.63, 3.8) is 0 Å². The molecule has 4 bridgehead atoms. The van der Waals surface area contributed by atoms with Crippen molar-refractivity contribution in [2.45, 2.75) is 64.1 Å². The smallest absolute Gasteiger partial charge is 0.374 e. The molecule has 4 fully saturated rings. The fourth-order valence-electron chi connectivity index (χ4n) is 6.72. The third kappa shape index (κ3) is 3.41. The van der Waals surface area contributed by atoms with Gasteiger partial charge in [0.2, 0.25) is 5.76 Å². The molecule has 1 aromatic heterocycles. The first-order valence-corrected chi connectivity index (χ1v) is 10.9. The van der Waals surface area contributed by atoms with E-state index in [0.29, 0.717) is 35.8 Å². The molecule has 0 spiro atoms. The van der Waals surface area contributed by atoms with E-state index in [2.05, 4.69) is 0 Å². The fraction of sp³-hybridized carbons (Fsp3) is 0.583. The predicted molar refractivity (Wildman–Crippen MR) is 109 cm³/mol. The molecule has 0 unspecified atom stereocenters. The Morgan fingerprint density at radius 1 is 1.13 bits per heavy atom. The van der Waals surface area contributed by atoms with E-state index in [0.717, 1.165) is 31.1 Å². The Morgan fingerprint density at radius 2 is 1.87 bits per heavy atom. The molecule has 0 radical (unpaired) electrons. The average molecular weight is 412 g/mol. The van der Waals surface area contributed by atoms with Crippen molar-refractivity contribution in [3.8, 4) is 0 Å². The van der Waals surface area contributed by atoms with Crippen molar-refractivity contribution in [1.82, 2.24) is 0 Å². The summed E-state index contributed by atoms with van der Waals surface area (Å²) in [7, 11) is 0. The summed E-state index contributed by atoms with van der Waals surface area (Å²) < 4.78 is 16.4. The molecule has 1 aromatic carbocycles. The molecule has 2 atom stereocenters. The van der Waals surface area contributed by atoms with Gasteiger partial charge in [0, 0.05) is 5.39 Å². The van der Waals surface area contributed by atoms with Crippen LogP contribution in [0, 0.1) is 17.3 Å². The molecule has 160 valence electrons. The molecule has 4 aliphatic carbocycles. The minimum absolute atomic E-state index is 0.0306. The summed E-state index contributed by atoms with van der Waals surface area (Å²) in [5.41, 5.74) is 0.372. The third-order valence-electron chi connectivity index (χ3n) is 7.21. The van der Waals surface area contributed by atoms with Gasteiger partial charge in [-0.2, -0.15) is 0 Å². The highest BCUT2D eigenvalue weighted by molar-refractivity contribution is 5.96. The molecule has 0 saturated heterocycles. The molecule has 1 N–H and O–H groups in total. The molecule has 0 amide bonds. The maximum atomic E-state index is 12.8. The van der Waals surface area contributed by atoms with Crippen molar-refractivity contribution >= 4 is 22.9 Å². The molecule has 6 nitrogen and oxygen atoms in total. The quantitative estimate of drug-likeness (QED) is 0.709. The number of carbonyl (C=O) groups excluding carboxylic acids is 2. The van der Waals surface area contributed by atoms with Crippen LogP contribution in [0.1, 0.15) is 68.0 Å². The minimum Gasteiger partial charge on any atom is -0.461 e. The van der Waals surface area contributed by atoms with E-state index in [4.69, 9.17) is 13.9 Å². The van der Waals surface area contributed by atoms with Gasteiger partial charge in [-0.1, -0.05) is 18.2 Å². The summed E-state index contributed by atoms with van der Waals surface area (Å²) in [4.78, 5) is 25.1. The Kier molecular flexibility index (Phi) is 4.65. The Hall–Kier alpha value is -2.34. The van der Waals surface area contributed by atoms with Crippen molar-refractivity contribution < 1.29 is 28.6 Å². The van der Waals surface area contributed by atoms with Crippen molar-refractivity contribution in [2.75, 3.05) is 6.61 Å². The average Bonchev–Trinajstić information content (AvgIpc) is 3.03. The zero-order chi connectivity index (χ0) is 20.9. The second-order valence-electron chi connectivity index (χ2n) is 9.65. The van der Waals surface area contributed by atoms with Gasteiger partial charge in [0.25, 0.3) is 0 Å². The molecular formula is C24H28O6. The zero-order valence-corrected chi connectivity index (χ0v) is 17.3. The lowest BCUT2D eigenvalue weighted by atomic mass is 9.47. The molecule has 6 heteroatoms. The second kappa shape index (κ2) is 7.12. The van der Waals surface area contributed by atoms with E-state index in [1.165, 1.54) is 6.42 Å². The first-order valence-electron chi connectivity index (χ1n) is 10.9. The Morgan fingerprint density at radius 3 is 2.57 bits per heavy atom. The summed E-state index contributed by atoms with van der Waals surface area (Å²) in [6.07, 6.45) is 5.97. The number of rotatable bonds is 6. The van der Waals surface area contributed by atoms with Crippen molar-refractivity contribution in [2.24, 2.45) is 17.3 Å². The van der Waals surface area contributed by atoms with Gasteiger partial charge in [-0.25, -0.2) is 4.79 Å². The number of benzene rings is 1. The van der Waals surface area contributed by atoms with Gasteiger partial charge < -0.3 is 19.0 Å². The SMILES string of the molecule is CCOC(=O)c1oc2ccccc2c1COC(=O)CC12C[C@H]3C[C@@H](CC(O)(C3)C1)C2.